The average Bonchev–Trinajstić information content (AvgIpc) is 2.37. The second-order valence-electron chi connectivity index (χ2n) is 4.49. The monoisotopic (exact) mass is 256 g/mol. The van der Waals surface area contributed by atoms with Crippen LogP contribution in [0, 0.1) is 0 Å². The van der Waals surface area contributed by atoms with Gasteiger partial charge in [0.05, 0.1) is 6.54 Å². The van der Waals surface area contributed by atoms with Crippen LogP contribution < -0.4 is 5.73 Å². The molecule has 0 radical (unpaired) electrons. The fraction of sp³-hybridized carbons (Fsp3) is 0.571. The van der Waals surface area contributed by atoms with Gasteiger partial charge in [-0.15, -0.1) is 0 Å². The largest absolute Gasteiger partial charge is 0.329 e. The van der Waals surface area contributed by atoms with Crippen molar-refractivity contribution in [3.63, 3.8) is 0 Å². The third-order valence-corrected chi connectivity index (χ3v) is 2.89. The second-order valence-corrected chi connectivity index (χ2v) is 4.49. The lowest BCUT2D eigenvalue weighted by Gasteiger charge is -2.27. The van der Waals surface area contributed by atoms with Crippen molar-refractivity contribution in [1.29, 1.82) is 0 Å². The summed E-state index contributed by atoms with van der Waals surface area (Å²) in [5.74, 6) is -2.82. The fourth-order valence-electron chi connectivity index (χ4n) is 1.89. The maximum Gasteiger partial charge on any atom is 0.285 e. The van der Waals surface area contributed by atoms with Gasteiger partial charge in [0.25, 0.3) is 5.92 Å². The minimum absolute atomic E-state index is 0.0727. The molecular formula is C14H22F2N2. The van der Waals surface area contributed by atoms with Gasteiger partial charge in [0.1, 0.15) is 0 Å². The molecule has 1 aromatic rings. The molecule has 2 nitrogen and oxygen atoms in total. The summed E-state index contributed by atoms with van der Waals surface area (Å²) < 4.78 is 28.1. The molecule has 1 aromatic carbocycles. The maximum absolute atomic E-state index is 14.1. The molecule has 0 heterocycles. The maximum atomic E-state index is 14.1. The number of hydrogen-bond donors (Lipinski definition) is 1. The highest BCUT2D eigenvalue weighted by molar-refractivity contribution is 5.20. The minimum atomic E-state index is -2.82. The van der Waals surface area contributed by atoms with Gasteiger partial charge in [-0.2, -0.15) is 8.78 Å². The lowest BCUT2D eigenvalue weighted by molar-refractivity contribution is -0.0375. The Labute approximate surface area is 108 Å². The van der Waals surface area contributed by atoms with Crippen LogP contribution in [0.5, 0.6) is 0 Å². The topological polar surface area (TPSA) is 29.3 Å². The first-order chi connectivity index (χ1) is 8.60. The van der Waals surface area contributed by atoms with Gasteiger partial charge in [0.2, 0.25) is 0 Å². The van der Waals surface area contributed by atoms with E-state index in [-0.39, 0.29) is 12.1 Å². The number of unbranched alkanes of at least 4 members (excludes halogenated alkanes) is 1. The zero-order valence-electron chi connectivity index (χ0n) is 10.9. The molecule has 1 rings (SSSR count). The van der Waals surface area contributed by atoms with Gasteiger partial charge in [-0.1, -0.05) is 43.7 Å². The normalized spacial score (nSPS) is 12.1. The van der Waals surface area contributed by atoms with Gasteiger partial charge in [-0.3, -0.25) is 4.90 Å². The van der Waals surface area contributed by atoms with Gasteiger partial charge >= 0.3 is 0 Å². The van der Waals surface area contributed by atoms with Crippen molar-refractivity contribution in [1.82, 2.24) is 4.90 Å². The highest BCUT2D eigenvalue weighted by Crippen LogP contribution is 2.28. The van der Waals surface area contributed by atoms with Gasteiger partial charge < -0.3 is 5.73 Å². The zero-order valence-corrected chi connectivity index (χ0v) is 10.9. The molecule has 0 aliphatic rings. The minimum Gasteiger partial charge on any atom is -0.329 e. The van der Waals surface area contributed by atoms with Crippen LogP contribution in [0.4, 0.5) is 8.78 Å². The third-order valence-electron chi connectivity index (χ3n) is 2.89. The Hall–Kier alpha value is -1.00. The van der Waals surface area contributed by atoms with Crippen molar-refractivity contribution in [2.24, 2.45) is 5.73 Å². The molecule has 0 saturated carbocycles. The van der Waals surface area contributed by atoms with E-state index in [0.717, 1.165) is 12.8 Å². The summed E-state index contributed by atoms with van der Waals surface area (Å²) in [4.78, 5) is 1.75. The molecule has 0 aliphatic heterocycles. The number of nitrogens with zero attached hydrogens (tertiary/aromatic N) is 1. The molecule has 0 unspecified atom stereocenters. The van der Waals surface area contributed by atoms with Gasteiger partial charge in [0.15, 0.2) is 0 Å². The van der Waals surface area contributed by atoms with E-state index in [1.54, 1.807) is 23.1 Å². The van der Waals surface area contributed by atoms with E-state index in [9.17, 15) is 8.78 Å². The Morgan fingerprint density at radius 3 is 2.39 bits per heavy atom. The lowest BCUT2D eigenvalue weighted by atomic mass is 10.1. The highest BCUT2D eigenvalue weighted by Gasteiger charge is 2.33. The molecular weight excluding hydrogens is 234 g/mol. The molecule has 0 saturated heterocycles. The molecule has 18 heavy (non-hydrogen) atoms. The van der Waals surface area contributed by atoms with Crippen LogP contribution in [0.25, 0.3) is 0 Å². The fourth-order valence-corrected chi connectivity index (χ4v) is 1.89. The summed E-state index contributed by atoms with van der Waals surface area (Å²) >= 11 is 0. The molecule has 102 valence electrons. The van der Waals surface area contributed by atoms with Gasteiger partial charge in [-0.25, -0.2) is 0 Å². The highest BCUT2D eigenvalue weighted by atomic mass is 19.3. The van der Waals surface area contributed by atoms with Crippen LogP contribution in [0.3, 0.4) is 0 Å². The molecule has 0 aromatic heterocycles. The zero-order chi connectivity index (χ0) is 13.4. The average molecular weight is 256 g/mol. The number of rotatable bonds is 8. The van der Waals surface area contributed by atoms with Crippen LogP contribution in [0.2, 0.25) is 0 Å². The first-order valence-corrected chi connectivity index (χ1v) is 6.46. The smallest absolute Gasteiger partial charge is 0.285 e. The standard InChI is InChI=1S/C14H22F2N2/c1-2-3-10-18(11-9-17)12-14(15,16)13-7-5-4-6-8-13/h4-8H,2-3,9-12,17H2,1H3. The molecule has 0 bridgehead atoms. The van der Waals surface area contributed by atoms with E-state index < -0.39 is 5.92 Å². The summed E-state index contributed by atoms with van der Waals surface area (Å²) in [5, 5.41) is 0. The summed E-state index contributed by atoms with van der Waals surface area (Å²) in [5.41, 5.74) is 5.54. The van der Waals surface area contributed by atoms with Crippen LogP contribution in [0.15, 0.2) is 30.3 Å². The van der Waals surface area contributed by atoms with Gasteiger partial charge in [-0.05, 0) is 13.0 Å². The Morgan fingerprint density at radius 2 is 1.83 bits per heavy atom. The van der Waals surface area contributed by atoms with E-state index in [4.69, 9.17) is 5.73 Å². The van der Waals surface area contributed by atoms with Crippen molar-refractivity contribution in [3.05, 3.63) is 35.9 Å². The van der Waals surface area contributed by atoms with Crippen molar-refractivity contribution in [2.45, 2.75) is 25.7 Å². The molecule has 2 N–H and O–H groups in total. The Kier molecular flexibility index (Phi) is 6.22. The number of nitrogens with two attached hydrogens (primary N) is 1. The van der Waals surface area contributed by atoms with E-state index in [2.05, 4.69) is 6.92 Å². The Balaban J connectivity index is 2.66. The predicted molar refractivity (Wildman–Crippen MR) is 70.7 cm³/mol. The van der Waals surface area contributed by atoms with E-state index in [1.807, 2.05) is 0 Å². The Bertz CT molecular complexity index is 328. The summed E-state index contributed by atoms with van der Waals surface area (Å²) in [6.45, 7) is 3.40. The summed E-state index contributed by atoms with van der Waals surface area (Å²) in [7, 11) is 0. The van der Waals surface area contributed by atoms with E-state index in [0.29, 0.717) is 19.6 Å². The first kappa shape index (κ1) is 15.1. The van der Waals surface area contributed by atoms with Crippen molar-refractivity contribution < 1.29 is 8.78 Å². The number of halogens is 2. The van der Waals surface area contributed by atoms with Crippen molar-refractivity contribution in [3.8, 4) is 0 Å². The van der Waals surface area contributed by atoms with E-state index >= 15 is 0 Å². The summed E-state index contributed by atoms with van der Waals surface area (Å²) in [6.07, 6.45) is 1.92. The van der Waals surface area contributed by atoms with Crippen LogP contribution in [0.1, 0.15) is 25.3 Å². The SMILES string of the molecule is CCCCN(CCN)CC(F)(F)c1ccccc1. The molecule has 0 fully saturated rings. The second kappa shape index (κ2) is 7.44. The van der Waals surface area contributed by atoms with Crippen molar-refractivity contribution in [2.75, 3.05) is 26.2 Å². The quantitative estimate of drug-likeness (QED) is 0.775. The predicted octanol–water partition coefficient (Wildman–Crippen LogP) is 2.84. The lowest BCUT2D eigenvalue weighted by Crippen LogP contribution is -2.38. The van der Waals surface area contributed by atoms with Crippen LogP contribution >= 0.6 is 0 Å². The van der Waals surface area contributed by atoms with Crippen LogP contribution in [-0.4, -0.2) is 31.1 Å². The first-order valence-electron chi connectivity index (χ1n) is 6.46. The molecule has 0 spiro atoms. The number of benzene rings is 1. The molecule has 4 heteroatoms. The van der Waals surface area contributed by atoms with Crippen molar-refractivity contribution >= 4 is 0 Å². The number of alkyl halides is 2. The summed E-state index contributed by atoms with van der Waals surface area (Å²) in [6, 6.07) is 7.97. The van der Waals surface area contributed by atoms with E-state index in [1.165, 1.54) is 12.1 Å². The molecule has 0 aliphatic carbocycles. The molecule has 0 atom stereocenters. The number of hydrogen-bond acceptors (Lipinski definition) is 2. The third kappa shape index (κ3) is 4.70. The van der Waals surface area contributed by atoms with Gasteiger partial charge in [0, 0.05) is 18.7 Å². The Morgan fingerprint density at radius 1 is 1.17 bits per heavy atom. The van der Waals surface area contributed by atoms with Crippen LogP contribution in [-0.2, 0) is 5.92 Å². The molecule has 0 amide bonds.